The fourth-order valence-corrected chi connectivity index (χ4v) is 5.14. The number of carbonyl (C=O) groups is 1. The first kappa shape index (κ1) is 19.4. The summed E-state index contributed by atoms with van der Waals surface area (Å²) in [4.78, 5) is 14.4. The van der Waals surface area contributed by atoms with Gasteiger partial charge in [-0.3, -0.25) is 4.79 Å². The van der Waals surface area contributed by atoms with Crippen molar-refractivity contribution in [3.05, 3.63) is 62.6 Å². The number of Topliss-reactive ketones (excluding diaryl/α,β-unsaturated/α-hetero) is 1. The zero-order valence-electron chi connectivity index (χ0n) is 16.7. The van der Waals surface area contributed by atoms with Gasteiger partial charge in [0.2, 0.25) is 0 Å². The Hall–Kier alpha value is -1.92. The van der Waals surface area contributed by atoms with Gasteiger partial charge >= 0.3 is 0 Å². The van der Waals surface area contributed by atoms with E-state index in [0.717, 1.165) is 34.1 Å². The Morgan fingerprint density at radius 3 is 2.64 bits per heavy atom. The molecular formula is C22H25N3OS2. The van der Waals surface area contributed by atoms with Crippen LogP contribution in [0.2, 0.25) is 0 Å². The van der Waals surface area contributed by atoms with E-state index in [1.54, 1.807) is 11.3 Å². The number of aryl methyl sites for hydroxylation is 3. The van der Waals surface area contributed by atoms with Crippen molar-refractivity contribution in [3.63, 3.8) is 0 Å². The maximum Gasteiger partial charge on any atom is 0.192 e. The molecule has 1 aliphatic carbocycles. The minimum absolute atomic E-state index is 0.163. The van der Waals surface area contributed by atoms with E-state index in [9.17, 15) is 4.79 Å². The van der Waals surface area contributed by atoms with Gasteiger partial charge in [-0.15, -0.1) is 21.5 Å². The van der Waals surface area contributed by atoms with Crippen molar-refractivity contribution in [1.82, 2.24) is 14.8 Å². The second-order valence-corrected chi connectivity index (χ2v) is 9.97. The molecule has 1 unspecified atom stereocenters. The fourth-order valence-electron chi connectivity index (χ4n) is 3.43. The molecule has 4 nitrogen and oxygen atoms in total. The first-order valence-corrected chi connectivity index (χ1v) is 11.4. The first-order chi connectivity index (χ1) is 13.4. The van der Waals surface area contributed by atoms with Gasteiger partial charge in [0.1, 0.15) is 5.82 Å². The third-order valence-electron chi connectivity index (χ3n) is 5.32. The summed E-state index contributed by atoms with van der Waals surface area (Å²) in [6.45, 7) is 8.14. The largest absolute Gasteiger partial charge is 0.303 e. The zero-order chi connectivity index (χ0) is 19.8. The summed E-state index contributed by atoms with van der Waals surface area (Å²) in [5.74, 6) is 1.17. The number of thioether (sulfide) groups is 1. The quantitative estimate of drug-likeness (QED) is 0.377. The average Bonchev–Trinajstić information content (AvgIpc) is 3.22. The monoisotopic (exact) mass is 411 g/mol. The molecule has 1 aromatic carbocycles. The Bertz CT molecular complexity index is 1000. The van der Waals surface area contributed by atoms with Crippen LogP contribution in [0, 0.1) is 20.8 Å². The van der Waals surface area contributed by atoms with Crippen molar-refractivity contribution in [2.24, 2.45) is 0 Å². The van der Waals surface area contributed by atoms with E-state index in [2.05, 4.69) is 52.2 Å². The molecule has 28 heavy (non-hydrogen) atoms. The van der Waals surface area contributed by atoms with Crippen molar-refractivity contribution in [2.45, 2.75) is 63.4 Å². The van der Waals surface area contributed by atoms with Crippen molar-refractivity contribution in [3.8, 4) is 0 Å². The van der Waals surface area contributed by atoms with Gasteiger partial charge in [0.05, 0.1) is 5.25 Å². The maximum absolute atomic E-state index is 13.1. The Morgan fingerprint density at radius 1 is 1.21 bits per heavy atom. The van der Waals surface area contributed by atoms with Gasteiger partial charge in [-0.25, -0.2) is 0 Å². The van der Waals surface area contributed by atoms with Crippen molar-refractivity contribution >= 4 is 28.9 Å². The number of thiophene rings is 1. The summed E-state index contributed by atoms with van der Waals surface area (Å²) in [5.41, 5.74) is 4.24. The van der Waals surface area contributed by atoms with Gasteiger partial charge in [-0.2, -0.15) is 0 Å². The molecule has 1 aliphatic rings. The van der Waals surface area contributed by atoms with Crippen LogP contribution >= 0.6 is 23.1 Å². The van der Waals surface area contributed by atoms with E-state index in [1.807, 2.05) is 19.9 Å². The van der Waals surface area contributed by atoms with E-state index in [4.69, 9.17) is 0 Å². The lowest BCUT2D eigenvalue weighted by Gasteiger charge is -2.15. The van der Waals surface area contributed by atoms with E-state index < -0.39 is 0 Å². The highest BCUT2D eigenvalue weighted by Crippen LogP contribution is 2.40. The molecule has 1 saturated carbocycles. The lowest BCUT2D eigenvalue weighted by Crippen LogP contribution is -2.16. The number of carbonyl (C=O) groups excluding carboxylic acids is 1. The number of nitrogens with zero attached hydrogens (tertiary/aromatic N) is 3. The van der Waals surface area contributed by atoms with Crippen LogP contribution < -0.4 is 0 Å². The summed E-state index contributed by atoms with van der Waals surface area (Å²) < 4.78 is 2.27. The third-order valence-corrected chi connectivity index (χ3v) is 7.25. The Kier molecular flexibility index (Phi) is 5.43. The van der Waals surface area contributed by atoms with E-state index in [0.29, 0.717) is 6.04 Å². The normalized spacial score (nSPS) is 15.0. The predicted octanol–water partition coefficient (Wildman–Crippen LogP) is 5.55. The van der Waals surface area contributed by atoms with E-state index >= 15 is 0 Å². The van der Waals surface area contributed by atoms with Crippen LogP contribution in [-0.2, 0) is 6.42 Å². The molecule has 0 bridgehead atoms. The van der Waals surface area contributed by atoms with Crippen LogP contribution in [0.5, 0.6) is 0 Å². The highest BCUT2D eigenvalue weighted by Gasteiger charge is 2.31. The lowest BCUT2D eigenvalue weighted by atomic mass is 9.97. The molecule has 4 rings (SSSR count). The molecule has 3 aromatic rings. The number of rotatable bonds is 7. The molecule has 6 heteroatoms. The van der Waals surface area contributed by atoms with Gasteiger partial charge in [0.15, 0.2) is 10.9 Å². The Balaban J connectivity index is 1.56. The number of ketones is 1. The topological polar surface area (TPSA) is 47.8 Å². The molecule has 0 spiro atoms. The molecule has 0 radical (unpaired) electrons. The standard InChI is InChI=1S/C22H25N3OS2/c1-13-10-15(3)19(11-14(13)2)21(26)16(4)28-22-24-23-20(25(22)17-7-8-17)12-18-6-5-9-27-18/h5-6,9-11,16-17H,7-8,12H2,1-4H3. The Morgan fingerprint density at radius 2 is 1.96 bits per heavy atom. The highest BCUT2D eigenvalue weighted by molar-refractivity contribution is 8.00. The van der Waals surface area contributed by atoms with Crippen molar-refractivity contribution < 1.29 is 4.79 Å². The summed E-state index contributed by atoms with van der Waals surface area (Å²) in [7, 11) is 0. The summed E-state index contributed by atoms with van der Waals surface area (Å²) in [6.07, 6.45) is 3.14. The van der Waals surface area contributed by atoms with Crippen LogP contribution in [0.4, 0.5) is 0 Å². The first-order valence-electron chi connectivity index (χ1n) is 9.69. The number of aromatic nitrogens is 3. The van der Waals surface area contributed by atoms with E-state index in [-0.39, 0.29) is 11.0 Å². The van der Waals surface area contributed by atoms with Crippen LogP contribution in [0.15, 0.2) is 34.8 Å². The summed E-state index contributed by atoms with van der Waals surface area (Å²) in [6, 6.07) is 8.82. The summed E-state index contributed by atoms with van der Waals surface area (Å²) >= 11 is 3.28. The molecule has 0 aliphatic heterocycles. The third kappa shape index (κ3) is 3.94. The van der Waals surface area contributed by atoms with Crippen LogP contribution in [-0.4, -0.2) is 25.8 Å². The maximum atomic E-state index is 13.1. The second-order valence-electron chi connectivity index (χ2n) is 7.63. The molecule has 1 fully saturated rings. The van der Waals surface area contributed by atoms with Crippen LogP contribution in [0.25, 0.3) is 0 Å². The fraction of sp³-hybridized carbons (Fsp3) is 0.409. The molecule has 0 saturated heterocycles. The second kappa shape index (κ2) is 7.84. The average molecular weight is 412 g/mol. The SMILES string of the molecule is Cc1cc(C)c(C(=O)C(C)Sc2nnc(Cc3cccs3)n2C2CC2)cc1C. The van der Waals surface area contributed by atoms with Gasteiger partial charge in [0.25, 0.3) is 0 Å². The molecular weight excluding hydrogens is 386 g/mol. The van der Waals surface area contributed by atoms with Gasteiger partial charge in [0, 0.05) is 22.9 Å². The molecule has 2 heterocycles. The molecule has 2 aromatic heterocycles. The van der Waals surface area contributed by atoms with Gasteiger partial charge in [-0.05, 0) is 74.7 Å². The molecule has 0 amide bonds. The number of hydrogen-bond donors (Lipinski definition) is 0. The minimum Gasteiger partial charge on any atom is -0.303 e. The van der Waals surface area contributed by atoms with Crippen LogP contribution in [0.3, 0.4) is 0 Å². The predicted molar refractivity (Wildman–Crippen MR) is 116 cm³/mol. The van der Waals surface area contributed by atoms with Crippen molar-refractivity contribution in [1.29, 1.82) is 0 Å². The highest BCUT2D eigenvalue weighted by atomic mass is 32.2. The zero-order valence-corrected chi connectivity index (χ0v) is 18.4. The van der Waals surface area contributed by atoms with Crippen molar-refractivity contribution in [2.75, 3.05) is 0 Å². The molecule has 1 atom stereocenters. The Labute approximate surface area is 174 Å². The smallest absolute Gasteiger partial charge is 0.192 e. The van der Waals surface area contributed by atoms with Crippen LogP contribution in [0.1, 0.15) is 63.6 Å². The lowest BCUT2D eigenvalue weighted by molar-refractivity contribution is 0.0993. The number of benzene rings is 1. The van der Waals surface area contributed by atoms with E-state index in [1.165, 1.54) is 35.0 Å². The summed E-state index contributed by atoms with van der Waals surface area (Å²) in [5, 5.41) is 11.7. The van der Waals surface area contributed by atoms with Gasteiger partial charge < -0.3 is 4.57 Å². The van der Waals surface area contributed by atoms with Gasteiger partial charge in [-0.1, -0.05) is 23.9 Å². The minimum atomic E-state index is -0.197. The molecule has 0 N–H and O–H groups in total. The molecule has 146 valence electrons. The number of hydrogen-bond acceptors (Lipinski definition) is 5.